The second-order valence-corrected chi connectivity index (χ2v) is 8.31. The minimum absolute atomic E-state index is 0.200. The van der Waals surface area contributed by atoms with Crippen LogP contribution in [0.2, 0.25) is 0 Å². The van der Waals surface area contributed by atoms with Gasteiger partial charge in [0.05, 0.1) is 24.5 Å². The number of hydrogen-bond donors (Lipinski definition) is 0. The number of aromatic nitrogens is 2. The number of carbonyl (C=O) groups excluding carboxylic acids is 1. The molecule has 0 radical (unpaired) electrons. The van der Waals surface area contributed by atoms with Crippen molar-refractivity contribution in [1.29, 1.82) is 0 Å². The lowest BCUT2D eigenvalue weighted by Gasteiger charge is -2.08. The van der Waals surface area contributed by atoms with Crippen molar-refractivity contribution in [3.05, 3.63) is 101 Å². The highest BCUT2D eigenvalue weighted by atomic mass is 32.2. The molecule has 3 aromatic carbocycles. The van der Waals surface area contributed by atoms with E-state index in [-0.39, 0.29) is 12.4 Å². The van der Waals surface area contributed by atoms with Crippen molar-refractivity contribution < 1.29 is 18.8 Å². The van der Waals surface area contributed by atoms with Crippen LogP contribution >= 0.6 is 11.8 Å². The third-order valence-electron chi connectivity index (χ3n) is 4.98. The number of oxime groups is 1. The van der Waals surface area contributed by atoms with Gasteiger partial charge in [0.25, 0.3) is 0 Å². The van der Waals surface area contributed by atoms with Crippen LogP contribution in [0.3, 0.4) is 0 Å². The molecule has 0 aliphatic rings. The maximum absolute atomic E-state index is 13.1. The van der Waals surface area contributed by atoms with Gasteiger partial charge in [-0.15, -0.1) is 0 Å². The number of ether oxygens (including phenoxy) is 1. The minimum atomic E-state index is -0.411. The van der Waals surface area contributed by atoms with Gasteiger partial charge in [-0.2, -0.15) is 5.10 Å². The average Bonchev–Trinajstić information content (AvgIpc) is 3.18. The average molecular weight is 476 g/mol. The lowest BCUT2D eigenvalue weighted by atomic mass is 10.1. The summed E-state index contributed by atoms with van der Waals surface area (Å²) in [6, 6.07) is 23.0. The van der Waals surface area contributed by atoms with Gasteiger partial charge in [-0.1, -0.05) is 71.5 Å². The van der Waals surface area contributed by atoms with Gasteiger partial charge in [-0.3, -0.25) is 4.68 Å². The fourth-order valence-corrected chi connectivity index (χ4v) is 4.34. The molecule has 0 atom stereocenters. The summed E-state index contributed by atoms with van der Waals surface area (Å²) in [5.74, 6) is -0.713. The first-order valence-corrected chi connectivity index (χ1v) is 11.3. The van der Waals surface area contributed by atoms with E-state index in [1.807, 2.05) is 49.5 Å². The normalized spacial score (nSPS) is 11.0. The third kappa shape index (κ3) is 5.35. The number of methoxy groups -OCH3 is 1. The van der Waals surface area contributed by atoms with E-state index in [1.165, 1.54) is 31.0 Å². The fourth-order valence-electron chi connectivity index (χ4n) is 3.29. The summed E-state index contributed by atoms with van der Waals surface area (Å²) in [5, 5.41) is 9.65. The molecule has 0 aliphatic heterocycles. The quantitative estimate of drug-likeness (QED) is 0.185. The van der Waals surface area contributed by atoms with Crippen molar-refractivity contribution in [3.8, 4) is 11.3 Å². The summed E-state index contributed by atoms with van der Waals surface area (Å²) >= 11 is 1.39. The largest absolute Gasteiger partial charge is 0.465 e. The Bertz CT molecular complexity index is 1300. The van der Waals surface area contributed by atoms with E-state index >= 15 is 0 Å². The van der Waals surface area contributed by atoms with Crippen LogP contribution < -0.4 is 0 Å². The van der Waals surface area contributed by atoms with Crippen molar-refractivity contribution in [3.63, 3.8) is 0 Å². The van der Waals surface area contributed by atoms with E-state index in [0.29, 0.717) is 5.56 Å². The molecule has 6 nitrogen and oxygen atoms in total. The highest BCUT2D eigenvalue weighted by Crippen LogP contribution is 2.36. The van der Waals surface area contributed by atoms with Gasteiger partial charge < -0.3 is 9.57 Å². The molecule has 0 unspecified atom stereocenters. The fraction of sp³-hybridized carbons (Fsp3) is 0.115. The zero-order valence-electron chi connectivity index (χ0n) is 18.6. The molecule has 172 valence electrons. The lowest BCUT2D eigenvalue weighted by Crippen LogP contribution is -2.03. The van der Waals surface area contributed by atoms with Crippen LogP contribution in [0.1, 0.15) is 21.5 Å². The molecule has 0 amide bonds. The van der Waals surface area contributed by atoms with Gasteiger partial charge in [0.15, 0.2) is 0 Å². The Morgan fingerprint density at radius 3 is 2.50 bits per heavy atom. The lowest BCUT2D eigenvalue weighted by molar-refractivity contribution is 0.0597. The van der Waals surface area contributed by atoms with E-state index < -0.39 is 5.97 Å². The van der Waals surface area contributed by atoms with E-state index in [9.17, 15) is 9.18 Å². The molecule has 0 saturated carbocycles. The zero-order valence-corrected chi connectivity index (χ0v) is 19.5. The number of rotatable bonds is 8. The molecule has 8 heteroatoms. The van der Waals surface area contributed by atoms with Crippen LogP contribution in [0.5, 0.6) is 0 Å². The smallest absolute Gasteiger partial charge is 0.339 e. The molecule has 0 aliphatic carbocycles. The summed E-state index contributed by atoms with van der Waals surface area (Å²) in [5.41, 5.74) is 3.67. The van der Waals surface area contributed by atoms with E-state index in [4.69, 9.17) is 14.7 Å². The molecule has 4 aromatic rings. The Kier molecular flexibility index (Phi) is 7.39. The van der Waals surface area contributed by atoms with Crippen LogP contribution in [0.25, 0.3) is 11.3 Å². The van der Waals surface area contributed by atoms with Crippen molar-refractivity contribution in [2.75, 3.05) is 7.11 Å². The molecule has 1 heterocycles. The van der Waals surface area contributed by atoms with Gasteiger partial charge in [0, 0.05) is 17.5 Å². The summed E-state index contributed by atoms with van der Waals surface area (Å²) in [6.45, 7) is 0.200. The molecule has 0 spiro atoms. The van der Waals surface area contributed by atoms with Crippen LogP contribution in [-0.2, 0) is 23.2 Å². The Balaban J connectivity index is 1.67. The molecule has 1 aromatic heterocycles. The van der Waals surface area contributed by atoms with E-state index in [2.05, 4.69) is 5.16 Å². The van der Waals surface area contributed by atoms with Gasteiger partial charge in [0.1, 0.15) is 23.1 Å². The highest BCUT2D eigenvalue weighted by Gasteiger charge is 2.20. The van der Waals surface area contributed by atoms with Crippen molar-refractivity contribution in [1.82, 2.24) is 9.78 Å². The van der Waals surface area contributed by atoms with E-state index in [1.54, 1.807) is 35.2 Å². The monoisotopic (exact) mass is 475 g/mol. The first-order valence-electron chi connectivity index (χ1n) is 10.4. The predicted molar refractivity (Wildman–Crippen MR) is 129 cm³/mol. The van der Waals surface area contributed by atoms with Crippen molar-refractivity contribution in [2.24, 2.45) is 12.2 Å². The van der Waals surface area contributed by atoms with Gasteiger partial charge >= 0.3 is 5.97 Å². The Hall–Kier alpha value is -3.91. The molecule has 0 N–H and O–H groups in total. The summed E-state index contributed by atoms with van der Waals surface area (Å²) < 4.78 is 19.8. The molecule has 0 saturated heterocycles. The standard InChI is InChI=1S/C26H22FN3O3S/c1-30-25(34-23-11-7-6-10-21(23)26(31)32-2)22(24(29-30)19-8-4-3-5-9-19)16-28-33-17-18-12-14-20(27)15-13-18/h3-16H,17H2,1-2H3/b28-16-. The van der Waals surface area contributed by atoms with Gasteiger partial charge in [-0.05, 0) is 29.8 Å². The minimum Gasteiger partial charge on any atom is -0.465 e. The van der Waals surface area contributed by atoms with Crippen LogP contribution in [0.4, 0.5) is 4.39 Å². The summed E-state index contributed by atoms with van der Waals surface area (Å²) in [6.07, 6.45) is 1.61. The number of hydrogen-bond acceptors (Lipinski definition) is 6. The van der Waals surface area contributed by atoms with Crippen LogP contribution in [-0.4, -0.2) is 29.1 Å². The highest BCUT2D eigenvalue weighted by molar-refractivity contribution is 7.99. The van der Waals surface area contributed by atoms with Gasteiger partial charge in [-0.25, -0.2) is 9.18 Å². The number of nitrogens with zero attached hydrogens (tertiary/aromatic N) is 3. The first-order chi connectivity index (χ1) is 16.6. The van der Waals surface area contributed by atoms with Gasteiger partial charge in [0.2, 0.25) is 0 Å². The predicted octanol–water partition coefficient (Wildman–Crippen LogP) is 5.71. The second kappa shape index (κ2) is 10.8. The molecule has 34 heavy (non-hydrogen) atoms. The maximum Gasteiger partial charge on any atom is 0.339 e. The topological polar surface area (TPSA) is 65.7 Å². The SMILES string of the molecule is COC(=O)c1ccccc1Sc1c(/C=N\OCc2ccc(F)cc2)c(-c2ccccc2)nn1C. The summed E-state index contributed by atoms with van der Waals surface area (Å²) in [4.78, 5) is 18.5. The molecule has 0 fully saturated rings. The molecule has 0 bridgehead atoms. The maximum atomic E-state index is 13.1. The summed E-state index contributed by atoms with van der Waals surface area (Å²) in [7, 11) is 3.20. The zero-order chi connectivity index (χ0) is 23.9. The van der Waals surface area contributed by atoms with Crippen LogP contribution in [0.15, 0.2) is 93.9 Å². The molecular weight excluding hydrogens is 453 g/mol. The van der Waals surface area contributed by atoms with Crippen molar-refractivity contribution in [2.45, 2.75) is 16.5 Å². The number of carbonyl (C=O) groups is 1. The third-order valence-corrected chi connectivity index (χ3v) is 6.23. The molecular formula is C26H22FN3O3S. The van der Waals surface area contributed by atoms with Crippen molar-refractivity contribution >= 4 is 23.9 Å². The number of aryl methyl sites for hydroxylation is 1. The van der Waals surface area contributed by atoms with Crippen LogP contribution in [0, 0.1) is 5.82 Å². The Morgan fingerprint density at radius 1 is 1.06 bits per heavy atom. The number of benzene rings is 3. The second-order valence-electron chi connectivity index (χ2n) is 7.28. The number of halogens is 1. The number of esters is 1. The molecule has 4 rings (SSSR count). The first kappa shape index (κ1) is 23.3. The van der Waals surface area contributed by atoms with E-state index in [0.717, 1.165) is 32.3 Å². The Morgan fingerprint density at radius 2 is 1.76 bits per heavy atom. The Labute approximate surface area is 201 Å².